The lowest BCUT2D eigenvalue weighted by atomic mass is 10.1. The van der Waals surface area contributed by atoms with Crippen molar-refractivity contribution in [1.29, 1.82) is 0 Å². The van der Waals surface area contributed by atoms with E-state index in [-0.39, 0.29) is 0 Å². The monoisotopic (exact) mass is 220 g/mol. The van der Waals surface area contributed by atoms with Crippen molar-refractivity contribution < 1.29 is 0 Å². The summed E-state index contributed by atoms with van der Waals surface area (Å²) in [5.41, 5.74) is 9.65. The highest BCUT2D eigenvalue weighted by Crippen LogP contribution is 2.26. The molecule has 0 fully saturated rings. The molecule has 2 N–H and O–H groups in total. The fourth-order valence-electron chi connectivity index (χ4n) is 1.62. The molecule has 0 spiro atoms. The molecule has 0 aliphatic carbocycles. The van der Waals surface area contributed by atoms with Gasteiger partial charge in [-0.3, -0.25) is 4.98 Å². The molecule has 1 aromatic carbocycles. The van der Waals surface area contributed by atoms with Crippen LogP contribution in [0.2, 0.25) is 5.02 Å². The number of anilines is 1. The maximum absolute atomic E-state index is 6.05. The predicted octanol–water partition coefficient (Wildman–Crippen LogP) is 3.34. The molecular weight excluding hydrogens is 208 g/mol. The van der Waals surface area contributed by atoms with Gasteiger partial charge in [0.05, 0.1) is 5.52 Å². The smallest absolute Gasteiger partial charge is 0.0741 e. The third kappa shape index (κ3) is 1.77. The maximum Gasteiger partial charge on any atom is 0.0741 e. The molecule has 1 aromatic heterocycles. The Kier molecular flexibility index (Phi) is 2.53. The molecule has 0 bridgehead atoms. The first-order valence-electron chi connectivity index (χ1n) is 4.97. The molecule has 0 amide bonds. The van der Waals surface area contributed by atoms with Crippen molar-refractivity contribution in [2.45, 2.75) is 20.3 Å². The van der Waals surface area contributed by atoms with E-state index in [1.807, 2.05) is 25.1 Å². The Morgan fingerprint density at radius 2 is 2.07 bits per heavy atom. The number of nitrogens with zero attached hydrogens (tertiary/aromatic N) is 1. The minimum atomic E-state index is 0.739. The highest BCUT2D eigenvalue weighted by molar-refractivity contribution is 6.32. The predicted molar refractivity (Wildman–Crippen MR) is 65.3 cm³/mol. The summed E-state index contributed by atoms with van der Waals surface area (Å²) in [4.78, 5) is 4.49. The summed E-state index contributed by atoms with van der Waals surface area (Å²) in [6, 6.07) is 5.79. The normalized spacial score (nSPS) is 10.9. The van der Waals surface area contributed by atoms with Gasteiger partial charge in [0, 0.05) is 21.8 Å². The van der Waals surface area contributed by atoms with Crippen LogP contribution in [0.3, 0.4) is 0 Å². The summed E-state index contributed by atoms with van der Waals surface area (Å²) in [5, 5.41) is 1.72. The van der Waals surface area contributed by atoms with E-state index >= 15 is 0 Å². The van der Waals surface area contributed by atoms with Gasteiger partial charge in [-0.15, -0.1) is 0 Å². The molecule has 0 atom stereocenters. The fraction of sp³-hybridized carbons (Fsp3) is 0.250. The second kappa shape index (κ2) is 3.70. The van der Waals surface area contributed by atoms with Crippen LogP contribution in [0.4, 0.5) is 5.69 Å². The Balaban J connectivity index is 2.80. The van der Waals surface area contributed by atoms with E-state index in [4.69, 9.17) is 17.3 Å². The van der Waals surface area contributed by atoms with Crippen LogP contribution >= 0.6 is 11.6 Å². The van der Waals surface area contributed by atoms with Gasteiger partial charge in [-0.2, -0.15) is 0 Å². The molecule has 0 unspecified atom stereocenters. The summed E-state index contributed by atoms with van der Waals surface area (Å²) in [6.45, 7) is 4.03. The molecule has 2 rings (SSSR count). The van der Waals surface area contributed by atoms with Gasteiger partial charge >= 0.3 is 0 Å². The molecule has 2 nitrogen and oxygen atoms in total. The van der Waals surface area contributed by atoms with Crippen LogP contribution in [0.5, 0.6) is 0 Å². The SMILES string of the molecule is CCc1cc(N)c2cc(C)c(Cl)cc2n1. The van der Waals surface area contributed by atoms with Gasteiger partial charge in [0.25, 0.3) is 0 Å². The molecule has 3 heteroatoms. The van der Waals surface area contributed by atoms with Crippen LogP contribution in [0.1, 0.15) is 18.2 Å². The van der Waals surface area contributed by atoms with Gasteiger partial charge in [-0.25, -0.2) is 0 Å². The van der Waals surface area contributed by atoms with E-state index in [1.54, 1.807) is 0 Å². The van der Waals surface area contributed by atoms with Crippen molar-refractivity contribution in [2.75, 3.05) is 5.73 Å². The van der Waals surface area contributed by atoms with E-state index in [9.17, 15) is 0 Å². The standard InChI is InChI=1S/C12H13ClN2/c1-3-8-5-11(14)9-4-7(2)10(13)6-12(9)15-8/h4-6H,3H2,1-2H3,(H2,14,15). The summed E-state index contributed by atoms with van der Waals surface area (Å²) in [5.74, 6) is 0. The minimum Gasteiger partial charge on any atom is -0.398 e. The van der Waals surface area contributed by atoms with Gasteiger partial charge in [0.15, 0.2) is 0 Å². The molecule has 15 heavy (non-hydrogen) atoms. The number of rotatable bonds is 1. The van der Waals surface area contributed by atoms with Crippen molar-refractivity contribution >= 4 is 28.2 Å². The van der Waals surface area contributed by atoms with Gasteiger partial charge in [0.1, 0.15) is 0 Å². The van der Waals surface area contributed by atoms with Crippen molar-refractivity contribution in [2.24, 2.45) is 0 Å². The summed E-state index contributed by atoms with van der Waals surface area (Å²) >= 11 is 6.05. The number of benzene rings is 1. The Morgan fingerprint density at radius 3 is 2.73 bits per heavy atom. The molecule has 0 aliphatic rings. The average Bonchev–Trinajstić information content (AvgIpc) is 2.21. The van der Waals surface area contributed by atoms with Crippen LogP contribution in [0.25, 0.3) is 10.9 Å². The number of nitrogen functional groups attached to an aromatic ring is 1. The Labute approximate surface area is 94.1 Å². The minimum absolute atomic E-state index is 0.739. The second-order valence-electron chi connectivity index (χ2n) is 3.67. The molecule has 0 radical (unpaired) electrons. The number of hydrogen-bond donors (Lipinski definition) is 1. The first kappa shape index (κ1) is 10.2. The number of pyridine rings is 1. The lowest BCUT2D eigenvalue weighted by Crippen LogP contribution is -1.95. The number of fused-ring (bicyclic) bond motifs is 1. The average molecular weight is 221 g/mol. The van der Waals surface area contributed by atoms with Gasteiger partial charge < -0.3 is 5.73 Å². The van der Waals surface area contributed by atoms with Crippen LogP contribution < -0.4 is 5.73 Å². The van der Waals surface area contributed by atoms with E-state index in [1.165, 1.54) is 0 Å². The van der Waals surface area contributed by atoms with Crippen molar-refractivity contribution in [3.8, 4) is 0 Å². The molecule has 0 aliphatic heterocycles. The number of halogens is 1. The Morgan fingerprint density at radius 1 is 1.33 bits per heavy atom. The van der Waals surface area contributed by atoms with E-state index in [0.717, 1.165) is 39.3 Å². The largest absolute Gasteiger partial charge is 0.398 e. The van der Waals surface area contributed by atoms with Crippen LogP contribution in [0, 0.1) is 6.92 Å². The summed E-state index contributed by atoms with van der Waals surface area (Å²) in [7, 11) is 0. The summed E-state index contributed by atoms with van der Waals surface area (Å²) in [6.07, 6.45) is 0.881. The molecular formula is C12H13ClN2. The number of aromatic nitrogens is 1. The van der Waals surface area contributed by atoms with Crippen molar-refractivity contribution in [3.63, 3.8) is 0 Å². The van der Waals surface area contributed by atoms with Gasteiger partial charge in [0.2, 0.25) is 0 Å². The molecule has 78 valence electrons. The lowest BCUT2D eigenvalue weighted by Gasteiger charge is -2.07. The Hall–Kier alpha value is -1.28. The van der Waals surface area contributed by atoms with Gasteiger partial charge in [-0.05, 0) is 37.1 Å². The Bertz CT molecular complexity index is 521. The lowest BCUT2D eigenvalue weighted by molar-refractivity contribution is 1.06. The molecule has 0 saturated carbocycles. The zero-order valence-electron chi connectivity index (χ0n) is 8.84. The second-order valence-corrected chi connectivity index (χ2v) is 4.08. The van der Waals surface area contributed by atoms with Crippen LogP contribution in [-0.2, 0) is 6.42 Å². The topological polar surface area (TPSA) is 38.9 Å². The highest BCUT2D eigenvalue weighted by atomic mass is 35.5. The third-order valence-electron chi connectivity index (χ3n) is 2.54. The number of aryl methyl sites for hydroxylation is 2. The van der Waals surface area contributed by atoms with E-state index in [0.29, 0.717) is 0 Å². The van der Waals surface area contributed by atoms with E-state index < -0.39 is 0 Å². The molecule has 1 heterocycles. The van der Waals surface area contributed by atoms with Gasteiger partial charge in [-0.1, -0.05) is 18.5 Å². The van der Waals surface area contributed by atoms with Crippen molar-refractivity contribution in [3.05, 3.63) is 34.5 Å². The zero-order chi connectivity index (χ0) is 11.0. The first-order valence-corrected chi connectivity index (χ1v) is 5.35. The quantitative estimate of drug-likeness (QED) is 0.801. The molecule has 2 aromatic rings. The van der Waals surface area contributed by atoms with Crippen molar-refractivity contribution in [1.82, 2.24) is 4.98 Å². The molecule has 0 saturated heterocycles. The van der Waals surface area contributed by atoms with Crippen LogP contribution in [0.15, 0.2) is 18.2 Å². The number of hydrogen-bond acceptors (Lipinski definition) is 2. The summed E-state index contributed by atoms with van der Waals surface area (Å²) < 4.78 is 0. The maximum atomic E-state index is 6.05. The number of nitrogens with two attached hydrogens (primary N) is 1. The van der Waals surface area contributed by atoms with E-state index in [2.05, 4.69) is 11.9 Å². The third-order valence-corrected chi connectivity index (χ3v) is 2.94. The zero-order valence-corrected chi connectivity index (χ0v) is 9.60. The van der Waals surface area contributed by atoms with Crippen LogP contribution in [-0.4, -0.2) is 4.98 Å². The fourth-order valence-corrected chi connectivity index (χ4v) is 1.78. The first-order chi connectivity index (χ1) is 7.11. The highest BCUT2D eigenvalue weighted by Gasteiger charge is 2.05.